The molecule has 1 saturated heterocycles. The first-order valence-electron chi connectivity index (χ1n) is 10.5. The van der Waals surface area contributed by atoms with Crippen LogP contribution in [0.25, 0.3) is 11.3 Å². The number of nitrogens with one attached hydrogen (secondary N) is 1. The summed E-state index contributed by atoms with van der Waals surface area (Å²) in [6.45, 7) is 2.67. The zero-order valence-corrected chi connectivity index (χ0v) is 16.8. The van der Waals surface area contributed by atoms with E-state index in [1.165, 1.54) is 19.3 Å². The minimum atomic E-state index is -0.470. The Hall–Kier alpha value is -2.44. The lowest BCUT2D eigenvalue weighted by Gasteiger charge is -2.47. The summed E-state index contributed by atoms with van der Waals surface area (Å²) in [4.78, 5) is 18.7. The van der Waals surface area contributed by atoms with E-state index in [-0.39, 0.29) is 5.91 Å². The first kappa shape index (κ1) is 18.6. The van der Waals surface area contributed by atoms with Crippen molar-refractivity contribution in [2.24, 2.45) is 0 Å². The number of hydrogen-bond donors (Lipinski definition) is 1. The predicted octanol–water partition coefficient (Wildman–Crippen LogP) is 3.36. The number of carbonyl (C=O) groups excluding carboxylic acids is 1. The fourth-order valence-corrected chi connectivity index (χ4v) is 4.46. The van der Waals surface area contributed by atoms with Crippen molar-refractivity contribution in [1.82, 2.24) is 15.2 Å². The SMILES string of the molecule is CNC(=O)c1ccc(-c2ccc3c(c2)COC2(CCN(C4CCC4)CC2)O3)nc1. The number of hydrogen-bond acceptors (Lipinski definition) is 5. The Morgan fingerprint density at radius 1 is 1.21 bits per heavy atom. The number of pyridine rings is 1. The summed E-state index contributed by atoms with van der Waals surface area (Å²) >= 11 is 0. The third-order valence-corrected chi connectivity index (χ3v) is 6.55. The lowest BCUT2D eigenvalue weighted by Crippen LogP contribution is -2.54. The number of carbonyl (C=O) groups is 1. The highest BCUT2D eigenvalue weighted by Crippen LogP contribution is 2.40. The van der Waals surface area contributed by atoms with Crippen LogP contribution in [0, 0.1) is 0 Å². The molecule has 1 aromatic carbocycles. The van der Waals surface area contributed by atoms with E-state index in [1.807, 2.05) is 18.2 Å². The van der Waals surface area contributed by atoms with Gasteiger partial charge in [-0.2, -0.15) is 0 Å². The molecule has 6 heteroatoms. The summed E-state index contributed by atoms with van der Waals surface area (Å²) in [6, 6.07) is 10.6. The normalized spacial score (nSPS) is 21.1. The molecule has 5 rings (SSSR count). The Labute approximate surface area is 171 Å². The molecule has 3 heterocycles. The molecule has 6 nitrogen and oxygen atoms in total. The molecule has 152 valence electrons. The summed E-state index contributed by atoms with van der Waals surface area (Å²) in [5, 5.41) is 2.61. The number of ether oxygens (including phenoxy) is 2. The van der Waals surface area contributed by atoms with Gasteiger partial charge < -0.3 is 14.8 Å². The molecule has 0 bridgehead atoms. The number of likely N-dealkylation sites (tertiary alicyclic amines) is 1. The number of aromatic nitrogens is 1. The highest BCUT2D eigenvalue weighted by atomic mass is 16.7. The second-order valence-corrected chi connectivity index (χ2v) is 8.26. The molecule has 2 fully saturated rings. The van der Waals surface area contributed by atoms with Crippen LogP contribution in [0.3, 0.4) is 0 Å². The van der Waals surface area contributed by atoms with E-state index in [9.17, 15) is 4.79 Å². The molecule has 0 atom stereocenters. The number of amides is 1. The Kier molecular flexibility index (Phi) is 4.76. The van der Waals surface area contributed by atoms with Crippen LogP contribution in [0.2, 0.25) is 0 Å². The summed E-state index contributed by atoms with van der Waals surface area (Å²) in [6.07, 6.45) is 7.52. The van der Waals surface area contributed by atoms with Gasteiger partial charge >= 0.3 is 0 Å². The number of benzene rings is 1. The Balaban J connectivity index is 1.29. The van der Waals surface area contributed by atoms with Crippen LogP contribution in [-0.4, -0.2) is 47.8 Å². The van der Waals surface area contributed by atoms with Crippen LogP contribution in [-0.2, 0) is 11.3 Å². The fraction of sp³-hybridized carbons (Fsp3) is 0.478. The Morgan fingerprint density at radius 3 is 2.69 bits per heavy atom. The smallest absolute Gasteiger partial charge is 0.252 e. The van der Waals surface area contributed by atoms with Gasteiger partial charge in [-0.15, -0.1) is 0 Å². The van der Waals surface area contributed by atoms with Crippen LogP contribution in [0.1, 0.15) is 48.0 Å². The molecule has 1 spiro atoms. The van der Waals surface area contributed by atoms with Gasteiger partial charge in [-0.3, -0.25) is 14.7 Å². The van der Waals surface area contributed by atoms with Gasteiger partial charge in [-0.25, -0.2) is 0 Å². The second-order valence-electron chi connectivity index (χ2n) is 8.26. The maximum Gasteiger partial charge on any atom is 0.252 e. The van der Waals surface area contributed by atoms with Crippen LogP contribution < -0.4 is 10.1 Å². The molecule has 0 radical (unpaired) electrons. The molecular formula is C23H27N3O3. The van der Waals surface area contributed by atoms with E-state index >= 15 is 0 Å². The van der Waals surface area contributed by atoms with Crippen molar-refractivity contribution in [2.45, 2.75) is 50.5 Å². The quantitative estimate of drug-likeness (QED) is 0.866. The van der Waals surface area contributed by atoms with Gasteiger partial charge in [0, 0.05) is 56.3 Å². The lowest BCUT2D eigenvalue weighted by atomic mass is 9.89. The zero-order chi connectivity index (χ0) is 19.8. The summed E-state index contributed by atoms with van der Waals surface area (Å²) in [5.74, 6) is 0.311. The van der Waals surface area contributed by atoms with Gasteiger partial charge in [0.2, 0.25) is 5.79 Å². The minimum absolute atomic E-state index is 0.134. The maximum absolute atomic E-state index is 11.7. The van der Waals surface area contributed by atoms with Gasteiger partial charge in [-0.05, 0) is 43.2 Å². The van der Waals surface area contributed by atoms with Crippen molar-refractivity contribution in [3.8, 4) is 17.0 Å². The number of rotatable bonds is 3. The fourth-order valence-electron chi connectivity index (χ4n) is 4.46. The predicted molar refractivity (Wildman–Crippen MR) is 110 cm³/mol. The Bertz CT molecular complexity index is 900. The summed E-state index contributed by atoms with van der Waals surface area (Å²) < 4.78 is 12.6. The third-order valence-electron chi connectivity index (χ3n) is 6.55. The van der Waals surface area contributed by atoms with Gasteiger partial charge in [-0.1, -0.05) is 6.42 Å². The van der Waals surface area contributed by atoms with Crippen LogP contribution >= 0.6 is 0 Å². The first-order valence-corrected chi connectivity index (χ1v) is 10.5. The van der Waals surface area contributed by atoms with Gasteiger partial charge in [0.15, 0.2) is 0 Å². The van der Waals surface area contributed by atoms with Gasteiger partial charge in [0.25, 0.3) is 5.91 Å². The first-order chi connectivity index (χ1) is 14.2. The third kappa shape index (κ3) is 3.51. The van der Waals surface area contributed by atoms with E-state index in [0.29, 0.717) is 12.2 Å². The van der Waals surface area contributed by atoms with E-state index in [2.05, 4.69) is 21.3 Å². The molecule has 2 aromatic rings. The van der Waals surface area contributed by atoms with Crippen LogP contribution in [0.15, 0.2) is 36.5 Å². The average molecular weight is 393 g/mol. The standard InChI is InChI=1S/C23H27N3O3/c1-24-22(27)17-5-7-20(25-14-17)16-6-8-21-18(13-16)15-28-23(29-21)9-11-26(12-10-23)19-3-2-4-19/h5-8,13-14,19H,2-4,9-12,15H2,1H3,(H,24,27). The van der Waals surface area contributed by atoms with E-state index < -0.39 is 5.79 Å². The van der Waals surface area contributed by atoms with Crippen molar-refractivity contribution < 1.29 is 14.3 Å². The van der Waals surface area contributed by atoms with E-state index in [4.69, 9.17) is 9.47 Å². The van der Waals surface area contributed by atoms with Crippen LogP contribution in [0.5, 0.6) is 5.75 Å². The molecule has 0 unspecified atom stereocenters. The minimum Gasteiger partial charge on any atom is -0.462 e. The highest BCUT2D eigenvalue weighted by molar-refractivity contribution is 5.93. The highest BCUT2D eigenvalue weighted by Gasteiger charge is 2.42. The van der Waals surface area contributed by atoms with Crippen molar-refractivity contribution in [3.05, 3.63) is 47.7 Å². The number of fused-ring (bicyclic) bond motifs is 1. The molecule has 1 saturated carbocycles. The average Bonchev–Trinajstić information content (AvgIpc) is 2.73. The molecule has 1 aromatic heterocycles. The zero-order valence-electron chi connectivity index (χ0n) is 16.8. The second kappa shape index (κ2) is 7.43. The van der Waals surface area contributed by atoms with Gasteiger partial charge in [0.1, 0.15) is 5.75 Å². The van der Waals surface area contributed by atoms with Crippen molar-refractivity contribution >= 4 is 5.91 Å². The summed E-state index contributed by atoms with van der Waals surface area (Å²) in [5.41, 5.74) is 3.42. The Morgan fingerprint density at radius 2 is 2.03 bits per heavy atom. The van der Waals surface area contributed by atoms with Crippen molar-refractivity contribution in [2.75, 3.05) is 20.1 Å². The molecule has 1 amide bonds. The number of nitrogens with zero attached hydrogens (tertiary/aromatic N) is 2. The molecule has 1 N–H and O–H groups in total. The van der Waals surface area contributed by atoms with E-state index in [1.54, 1.807) is 19.3 Å². The largest absolute Gasteiger partial charge is 0.462 e. The molecule has 29 heavy (non-hydrogen) atoms. The monoisotopic (exact) mass is 393 g/mol. The van der Waals surface area contributed by atoms with Crippen molar-refractivity contribution in [1.29, 1.82) is 0 Å². The van der Waals surface area contributed by atoms with Crippen molar-refractivity contribution in [3.63, 3.8) is 0 Å². The van der Waals surface area contributed by atoms with Gasteiger partial charge in [0.05, 0.1) is 17.9 Å². The maximum atomic E-state index is 11.7. The number of piperidine rings is 1. The lowest BCUT2D eigenvalue weighted by molar-refractivity contribution is -0.231. The molecule has 2 aliphatic heterocycles. The van der Waals surface area contributed by atoms with E-state index in [0.717, 1.165) is 54.5 Å². The molecular weight excluding hydrogens is 366 g/mol. The molecule has 1 aliphatic carbocycles. The summed E-state index contributed by atoms with van der Waals surface area (Å²) in [7, 11) is 1.61. The van der Waals surface area contributed by atoms with Crippen LogP contribution in [0.4, 0.5) is 0 Å². The molecule has 3 aliphatic rings. The topological polar surface area (TPSA) is 63.7 Å².